The van der Waals surface area contributed by atoms with Crippen LogP contribution >= 0.6 is 11.6 Å². The molecule has 0 saturated heterocycles. The number of benzene rings is 2. The van der Waals surface area contributed by atoms with E-state index in [4.69, 9.17) is 30.5 Å². The monoisotopic (exact) mass is 463 g/mol. The van der Waals surface area contributed by atoms with Crippen LogP contribution in [0.15, 0.2) is 42.5 Å². The van der Waals surface area contributed by atoms with E-state index < -0.39 is 6.10 Å². The second-order valence-electron chi connectivity index (χ2n) is 8.01. The van der Waals surface area contributed by atoms with Gasteiger partial charge < -0.3 is 24.3 Å². The first-order valence-corrected chi connectivity index (χ1v) is 11.2. The SMILES string of the molecule is COc1cc(CCNC(=O)C(COCc2ccc(Cl)cc2)OC(C)C)ccc1OC(C)C. The summed E-state index contributed by atoms with van der Waals surface area (Å²) in [5, 5.41) is 3.62. The zero-order chi connectivity index (χ0) is 23.5. The molecule has 0 spiro atoms. The second kappa shape index (κ2) is 13.3. The Morgan fingerprint density at radius 2 is 1.66 bits per heavy atom. The summed E-state index contributed by atoms with van der Waals surface area (Å²) in [4.78, 5) is 12.7. The quantitative estimate of drug-likeness (QED) is 0.462. The molecule has 0 fully saturated rings. The molecule has 6 nitrogen and oxygen atoms in total. The molecular formula is C25H34ClNO5. The zero-order valence-corrected chi connectivity index (χ0v) is 20.3. The van der Waals surface area contributed by atoms with Crippen molar-refractivity contribution in [3.05, 3.63) is 58.6 Å². The molecule has 0 aliphatic rings. The molecule has 1 amide bonds. The van der Waals surface area contributed by atoms with Crippen molar-refractivity contribution in [3.63, 3.8) is 0 Å². The third kappa shape index (κ3) is 9.07. The average Bonchev–Trinajstić information content (AvgIpc) is 2.74. The van der Waals surface area contributed by atoms with Crippen molar-refractivity contribution in [2.24, 2.45) is 0 Å². The Labute approximate surface area is 196 Å². The van der Waals surface area contributed by atoms with Crippen molar-refractivity contribution in [2.45, 2.75) is 59.0 Å². The van der Waals surface area contributed by atoms with E-state index in [0.717, 1.165) is 11.1 Å². The fourth-order valence-corrected chi connectivity index (χ4v) is 3.16. The molecule has 0 aromatic heterocycles. The number of amides is 1. The Balaban J connectivity index is 1.86. The highest BCUT2D eigenvalue weighted by Gasteiger charge is 2.20. The number of methoxy groups -OCH3 is 1. The zero-order valence-electron chi connectivity index (χ0n) is 19.5. The van der Waals surface area contributed by atoms with E-state index in [9.17, 15) is 4.79 Å². The molecular weight excluding hydrogens is 430 g/mol. The minimum atomic E-state index is -0.682. The number of hydrogen-bond donors (Lipinski definition) is 1. The van der Waals surface area contributed by atoms with Gasteiger partial charge in [0.05, 0.1) is 32.5 Å². The number of nitrogens with one attached hydrogen (secondary N) is 1. The molecule has 2 rings (SSSR count). The number of carbonyl (C=O) groups excluding carboxylic acids is 1. The summed E-state index contributed by atoms with van der Waals surface area (Å²) in [6.45, 7) is 8.75. The molecule has 0 bridgehead atoms. The number of halogens is 1. The van der Waals surface area contributed by atoms with Gasteiger partial charge in [-0.2, -0.15) is 0 Å². The standard InChI is InChI=1S/C25H34ClNO5/c1-17(2)31-22-11-8-19(14-23(22)29-5)12-13-27-25(28)24(32-18(3)4)16-30-15-20-6-9-21(26)10-7-20/h6-11,14,17-18,24H,12-13,15-16H2,1-5H3,(H,27,28). The van der Waals surface area contributed by atoms with Gasteiger partial charge in [0, 0.05) is 11.6 Å². The maximum atomic E-state index is 12.7. The molecule has 32 heavy (non-hydrogen) atoms. The van der Waals surface area contributed by atoms with Crippen LogP contribution in [0.25, 0.3) is 0 Å². The molecule has 1 N–H and O–H groups in total. The number of ether oxygens (including phenoxy) is 4. The van der Waals surface area contributed by atoms with E-state index >= 15 is 0 Å². The highest BCUT2D eigenvalue weighted by molar-refractivity contribution is 6.30. The lowest BCUT2D eigenvalue weighted by molar-refractivity contribution is -0.141. The maximum absolute atomic E-state index is 12.7. The summed E-state index contributed by atoms with van der Waals surface area (Å²) in [7, 11) is 1.62. The van der Waals surface area contributed by atoms with Crippen LogP contribution < -0.4 is 14.8 Å². The highest BCUT2D eigenvalue weighted by atomic mass is 35.5. The van der Waals surface area contributed by atoms with E-state index in [0.29, 0.717) is 36.1 Å². The molecule has 0 saturated carbocycles. The Kier molecular flexibility index (Phi) is 10.8. The molecule has 1 unspecified atom stereocenters. The van der Waals surface area contributed by atoms with Crippen LogP contribution in [0.4, 0.5) is 0 Å². The number of rotatable bonds is 13. The van der Waals surface area contributed by atoms with E-state index in [2.05, 4.69) is 5.32 Å². The predicted octanol–water partition coefficient (Wildman–Crippen LogP) is 4.80. The molecule has 0 aliphatic carbocycles. The minimum absolute atomic E-state index is 0.0637. The van der Waals surface area contributed by atoms with Crippen LogP contribution in [0.5, 0.6) is 11.5 Å². The van der Waals surface area contributed by atoms with Gasteiger partial charge in [-0.15, -0.1) is 0 Å². The van der Waals surface area contributed by atoms with E-state index in [1.54, 1.807) is 7.11 Å². The van der Waals surface area contributed by atoms with Crippen molar-refractivity contribution >= 4 is 17.5 Å². The van der Waals surface area contributed by atoms with Crippen LogP contribution in [-0.4, -0.2) is 44.5 Å². The van der Waals surface area contributed by atoms with E-state index in [1.807, 2.05) is 70.2 Å². The largest absolute Gasteiger partial charge is 0.493 e. The van der Waals surface area contributed by atoms with E-state index in [-0.39, 0.29) is 24.7 Å². The lowest BCUT2D eigenvalue weighted by atomic mass is 10.1. The van der Waals surface area contributed by atoms with Crippen LogP contribution in [0, 0.1) is 0 Å². The first-order chi connectivity index (χ1) is 15.3. The fraction of sp³-hybridized carbons (Fsp3) is 0.480. The summed E-state index contributed by atoms with van der Waals surface area (Å²) < 4.78 is 22.7. The van der Waals surface area contributed by atoms with Crippen molar-refractivity contribution < 1.29 is 23.7 Å². The molecule has 0 radical (unpaired) electrons. The number of hydrogen-bond acceptors (Lipinski definition) is 5. The summed E-state index contributed by atoms with van der Waals surface area (Å²) in [6, 6.07) is 13.2. The van der Waals surface area contributed by atoms with Crippen molar-refractivity contribution in [1.29, 1.82) is 0 Å². The molecule has 2 aromatic carbocycles. The summed E-state index contributed by atoms with van der Waals surface area (Å²) >= 11 is 5.91. The highest BCUT2D eigenvalue weighted by Crippen LogP contribution is 2.29. The van der Waals surface area contributed by atoms with Crippen molar-refractivity contribution in [1.82, 2.24) is 5.32 Å². The Bertz CT molecular complexity index is 839. The molecule has 1 atom stereocenters. The Morgan fingerprint density at radius 3 is 2.28 bits per heavy atom. The lowest BCUT2D eigenvalue weighted by Crippen LogP contribution is -2.41. The smallest absolute Gasteiger partial charge is 0.251 e. The third-order valence-electron chi connectivity index (χ3n) is 4.48. The van der Waals surface area contributed by atoms with Crippen LogP contribution in [0.3, 0.4) is 0 Å². The van der Waals surface area contributed by atoms with Gasteiger partial charge in [0.2, 0.25) is 0 Å². The molecule has 2 aromatic rings. The normalized spacial score (nSPS) is 12.1. The Morgan fingerprint density at radius 1 is 0.969 bits per heavy atom. The van der Waals surface area contributed by atoms with Gasteiger partial charge in [0.15, 0.2) is 17.6 Å². The van der Waals surface area contributed by atoms with Gasteiger partial charge in [-0.1, -0.05) is 29.8 Å². The van der Waals surface area contributed by atoms with Gasteiger partial charge in [-0.3, -0.25) is 4.79 Å². The second-order valence-corrected chi connectivity index (χ2v) is 8.44. The van der Waals surface area contributed by atoms with Gasteiger partial charge in [-0.25, -0.2) is 0 Å². The molecule has 0 heterocycles. The van der Waals surface area contributed by atoms with E-state index in [1.165, 1.54) is 0 Å². The van der Waals surface area contributed by atoms with Crippen molar-refractivity contribution in [3.8, 4) is 11.5 Å². The lowest BCUT2D eigenvalue weighted by Gasteiger charge is -2.20. The molecule has 0 aliphatic heterocycles. The van der Waals surface area contributed by atoms with Crippen molar-refractivity contribution in [2.75, 3.05) is 20.3 Å². The summed E-state index contributed by atoms with van der Waals surface area (Å²) in [5.74, 6) is 1.19. The van der Waals surface area contributed by atoms with Gasteiger partial charge in [-0.05, 0) is 69.5 Å². The summed E-state index contributed by atoms with van der Waals surface area (Å²) in [6.07, 6.45) is -0.0560. The van der Waals surface area contributed by atoms with Gasteiger partial charge in [0.1, 0.15) is 0 Å². The molecule has 7 heteroatoms. The summed E-state index contributed by atoms with van der Waals surface area (Å²) in [5.41, 5.74) is 2.02. The predicted molar refractivity (Wildman–Crippen MR) is 127 cm³/mol. The maximum Gasteiger partial charge on any atom is 0.251 e. The topological polar surface area (TPSA) is 66.0 Å². The van der Waals surface area contributed by atoms with Crippen LogP contribution in [-0.2, 0) is 27.3 Å². The van der Waals surface area contributed by atoms with Crippen LogP contribution in [0.1, 0.15) is 38.8 Å². The van der Waals surface area contributed by atoms with Crippen LogP contribution in [0.2, 0.25) is 5.02 Å². The van der Waals surface area contributed by atoms with Gasteiger partial charge >= 0.3 is 0 Å². The fourth-order valence-electron chi connectivity index (χ4n) is 3.03. The average molecular weight is 464 g/mol. The first kappa shape index (κ1) is 26.0. The first-order valence-electron chi connectivity index (χ1n) is 10.9. The molecule has 176 valence electrons. The minimum Gasteiger partial charge on any atom is -0.493 e. The number of carbonyl (C=O) groups is 1. The Hall–Kier alpha value is -2.28. The van der Waals surface area contributed by atoms with Gasteiger partial charge in [0.25, 0.3) is 5.91 Å². The third-order valence-corrected chi connectivity index (χ3v) is 4.74.